The predicted octanol–water partition coefficient (Wildman–Crippen LogP) is 6.38. The number of hydrogen-bond acceptors (Lipinski definition) is 3. The fourth-order valence-electron chi connectivity index (χ4n) is 2.67. The third-order valence-electron chi connectivity index (χ3n) is 3.89. The van der Waals surface area contributed by atoms with E-state index < -0.39 is 17.1 Å². The van der Waals surface area contributed by atoms with Gasteiger partial charge in [0.15, 0.2) is 0 Å². The Labute approximate surface area is 159 Å². The Bertz CT molecular complexity index is 373. The van der Waals surface area contributed by atoms with Crippen molar-refractivity contribution >= 4 is 17.1 Å². The third kappa shape index (κ3) is 17.1. The molecule has 0 amide bonds. The molecule has 148 valence electrons. The molecule has 0 rings (SSSR count). The van der Waals surface area contributed by atoms with Gasteiger partial charge in [-0.3, -0.25) is 0 Å². The van der Waals surface area contributed by atoms with E-state index in [4.69, 9.17) is 13.0 Å². The van der Waals surface area contributed by atoms with Crippen LogP contribution < -0.4 is 0 Å². The van der Waals surface area contributed by atoms with E-state index in [9.17, 15) is 0 Å². The van der Waals surface area contributed by atoms with Gasteiger partial charge in [-0.25, -0.2) is 0 Å². The van der Waals surface area contributed by atoms with E-state index in [2.05, 4.69) is 51.9 Å². The largest absolute Gasteiger partial charge is 0.415 e. The lowest BCUT2D eigenvalue weighted by atomic mass is 10.1. The molecule has 0 N–H and O–H groups in total. The summed E-state index contributed by atoms with van der Waals surface area (Å²) in [5.41, 5.74) is 0. The van der Waals surface area contributed by atoms with Crippen molar-refractivity contribution in [3.8, 4) is 11.8 Å². The van der Waals surface area contributed by atoms with E-state index >= 15 is 0 Å². The lowest BCUT2D eigenvalue weighted by Crippen LogP contribution is -2.48. The van der Waals surface area contributed by atoms with Gasteiger partial charge in [0.2, 0.25) is 0 Å². The molecular weight excluding hydrogens is 344 g/mol. The maximum Gasteiger partial charge on any atom is 0.322 e. The molecule has 5 heteroatoms. The molecule has 3 nitrogen and oxygen atoms in total. The van der Waals surface area contributed by atoms with Gasteiger partial charge in [0.25, 0.3) is 0 Å². The molecule has 0 aromatic heterocycles. The molecule has 0 aliphatic rings. The smallest absolute Gasteiger partial charge is 0.322 e. The van der Waals surface area contributed by atoms with Crippen molar-refractivity contribution in [2.24, 2.45) is 0 Å². The minimum atomic E-state index is -2.07. The normalized spacial score (nSPS) is 12.1. The van der Waals surface area contributed by atoms with Crippen LogP contribution in [0.2, 0.25) is 26.2 Å². The van der Waals surface area contributed by atoms with Crippen LogP contribution in [0.3, 0.4) is 0 Å². The first-order valence-corrected chi connectivity index (χ1v) is 15.9. The first-order chi connectivity index (χ1) is 11.8. The van der Waals surface area contributed by atoms with Crippen LogP contribution in [0, 0.1) is 11.8 Å². The fraction of sp³-hybridized carbons (Fsp3) is 0.900. The van der Waals surface area contributed by atoms with E-state index in [1.165, 1.54) is 32.1 Å². The van der Waals surface area contributed by atoms with E-state index in [1.54, 1.807) is 0 Å². The molecule has 0 radical (unpaired) electrons. The fourth-order valence-corrected chi connectivity index (χ4v) is 9.15. The van der Waals surface area contributed by atoms with Gasteiger partial charge in [-0.1, -0.05) is 46.0 Å². The number of rotatable bonds is 15. The summed E-state index contributed by atoms with van der Waals surface area (Å²) in [6, 6.07) is 0. The van der Waals surface area contributed by atoms with Crippen molar-refractivity contribution in [2.45, 2.75) is 104 Å². The number of hydrogen-bond donors (Lipinski definition) is 0. The highest BCUT2D eigenvalue weighted by molar-refractivity contribution is 6.78. The number of unbranched alkanes of at least 4 members (excludes halogenated alkanes) is 7. The lowest BCUT2D eigenvalue weighted by molar-refractivity contribution is 0.191. The highest BCUT2D eigenvalue weighted by Crippen LogP contribution is 2.18. The highest BCUT2D eigenvalue weighted by Gasteiger charge is 2.36. The van der Waals surface area contributed by atoms with Crippen LogP contribution in [0.5, 0.6) is 0 Å². The van der Waals surface area contributed by atoms with Crippen LogP contribution in [-0.4, -0.2) is 30.3 Å². The van der Waals surface area contributed by atoms with Crippen LogP contribution in [0.1, 0.15) is 78.1 Å². The summed E-state index contributed by atoms with van der Waals surface area (Å²) >= 11 is 0. The average Bonchev–Trinajstić information content (AvgIpc) is 2.51. The van der Waals surface area contributed by atoms with Gasteiger partial charge in [0.1, 0.15) is 0 Å². The molecule has 0 bridgehead atoms. The van der Waals surface area contributed by atoms with E-state index in [0.29, 0.717) is 0 Å². The van der Waals surface area contributed by atoms with Gasteiger partial charge in [0.05, 0.1) is 0 Å². The standard InChI is InChI=1S/C20H42O3Si2/c1-7-9-11-12-13-14-15-16-17-18-20-22-25(5,6)23-24(3,4)21-19-10-8-2/h7-8,10,12-20H2,1-6H3. The van der Waals surface area contributed by atoms with Gasteiger partial charge in [-0.2, -0.15) is 0 Å². The quantitative estimate of drug-likeness (QED) is 0.185. The van der Waals surface area contributed by atoms with Gasteiger partial charge in [0, 0.05) is 26.1 Å². The van der Waals surface area contributed by atoms with Crippen LogP contribution in [0.25, 0.3) is 0 Å². The van der Waals surface area contributed by atoms with E-state index in [1.807, 2.05) is 0 Å². The third-order valence-corrected chi connectivity index (χ3v) is 9.62. The zero-order valence-corrected chi connectivity index (χ0v) is 19.7. The molecular formula is C20H42O3Si2. The monoisotopic (exact) mass is 386 g/mol. The molecule has 0 saturated carbocycles. The second kappa shape index (κ2) is 15.0. The first-order valence-electron chi connectivity index (χ1n) is 10.3. The molecule has 0 spiro atoms. The minimum absolute atomic E-state index is 0.810. The second-order valence-corrected chi connectivity index (χ2v) is 14.5. The summed E-state index contributed by atoms with van der Waals surface area (Å²) in [5, 5.41) is 0. The van der Waals surface area contributed by atoms with Gasteiger partial charge in [-0.15, -0.1) is 11.8 Å². The van der Waals surface area contributed by atoms with Crippen molar-refractivity contribution < 1.29 is 13.0 Å². The van der Waals surface area contributed by atoms with Gasteiger partial charge in [-0.05, 0) is 45.5 Å². The Hall–Kier alpha value is -0.126. The maximum absolute atomic E-state index is 6.28. The zero-order chi connectivity index (χ0) is 19.0. The SMILES string of the molecule is CCC#CCCCCCCCCO[Si](C)(C)O[Si](C)(C)OCCCC. The molecule has 0 atom stereocenters. The van der Waals surface area contributed by atoms with Crippen LogP contribution in [0.15, 0.2) is 0 Å². The summed E-state index contributed by atoms with van der Waals surface area (Å²) in [6.45, 7) is 14.5. The molecule has 0 unspecified atom stereocenters. The summed E-state index contributed by atoms with van der Waals surface area (Å²) in [7, 11) is -4.12. The van der Waals surface area contributed by atoms with Crippen molar-refractivity contribution in [1.29, 1.82) is 0 Å². The Morgan fingerprint density at radius 3 is 1.72 bits per heavy atom. The first kappa shape index (κ1) is 24.9. The average molecular weight is 387 g/mol. The predicted molar refractivity (Wildman–Crippen MR) is 113 cm³/mol. The van der Waals surface area contributed by atoms with Crippen LogP contribution >= 0.6 is 0 Å². The Kier molecular flexibility index (Phi) is 14.9. The summed E-state index contributed by atoms with van der Waals surface area (Å²) in [4.78, 5) is 0. The van der Waals surface area contributed by atoms with Crippen LogP contribution in [0.4, 0.5) is 0 Å². The van der Waals surface area contributed by atoms with Crippen molar-refractivity contribution in [1.82, 2.24) is 0 Å². The molecule has 0 aliphatic carbocycles. The zero-order valence-electron chi connectivity index (χ0n) is 17.7. The molecule has 0 saturated heterocycles. The topological polar surface area (TPSA) is 27.7 Å². The summed E-state index contributed by atoms with van der Waals surface area (Å²) < 4.78 is 18.4. The van der Waals surface area contributed by atoms with Crippen molar-refractivity contribution in [2.75, 3.05) is 13.2 Å². The maximum atomic E-state index is 6.28. The van der Waals surface area contributed by atoms with Gasteiger partial charge < -0.3 is 13.0 Å². The van der Waals surface area contributed by atoms with Crippen LogP contribution in [-0.2, 0) is 13.0 Å². The van der Waals surface area contributed by atoms with E-state index in [0.717, 1.165) is 45.3 Å². The minimum Gasteiger partial charge on any atom is -0.415 e. The van der Waals surface area contributed by atoms with Gasteiger partial charge >= 0.3 is 17.1 Å². The Morgan fingerprint density at radius 1 is 0.640 bits per heavy atom. The highest BCUT2D eigenvalue weighted by atomic mass is 28.5. The molecule has 0 heterocycles. The molecule has 0 aromatic carbocycles. The summed E-state index contributed by atoms with van der Waals surface area (Å²) in [5.74, 6) is 6.34. The van der Waals surface area contributed by atoms with E-state index in [-0.39, 0.29) is 0 Å². The molecule has 0 aromatic rings. The Balaban J connectivity index is 3.68. The van der Waals surface area contributed by atoms with Crippen molar-refractivity contribution in [3.63, 3.8) is 0 Å². The Morgan fingerprint density at radius 2 is 1.16 bits per heavy atom. The summed E-state index contributed by atoms with van der Waals surface area (Å²) in [6.07, 6.45) is 11.9. The molecule has 25 heavy (non-hydrogen) atoms. The van der Waals surface area contributed by atoms with Crippen molar-refractivity contribution in [3.05, 3.63) is 0 Å². The lowest BCUT2D eigenvalue weighted by Gasteiger charge is -2.32. The molecule has 0 fully saturated rings. The molecule has 0 aliphatic heterocycles. The second-order valence-electron chi connectivity index (χ2n) is 7.53.